The molecule has 7 nitrogen and oxygen atoms in total. The van der Waals surface area contributed by atoms with Crippen molar-refractivity contribution in [1.29, 1.82) is 0 Å². The average Bonchev–Trinajstić information content (AvgIpc) is 3.37. The molecule has 0 radical (unpaired) electrons. The third kappa shape index (κ3) is 5.12. The smallest absolute Gasteiger partial charge is 0.338 e. The maximum Gasteiger partial charge on any atom is 0.338 e. The number of benzene rings is 2. The van der Waals surface area contributed by atoms with Crippen LogP contribution in [0.2, 0.25) is 0 Å². The normalized spacial score (nSPS) is 15.2. The molecule has 1 atom stereocenters. The number of allylic oxidation sites excluding steroid dienone is 1. The van der Waals surface area contributed by atoms with Gasteiger partial charge in [-0.2, -0.15) is 0 Å². The van der Waals surface area contributed by atoms with Crippen LogP contribution in [0.5, 0.6) is 5.75 Å². The molecule has 2 aromatic heterocycles. The maximum absolute atomic E-state index is 14.0. The quantitative estimate of drug-likeness (QED) is 0.192. The van der Waals surface area contributed by atoms with E-state index in [1.54, 1.807) is 25.5 Å². The Labute approximate surface area is 257 Å². The number of rotatable bonds is 6. The van der Waals surface area contributed by atoms with Gasteiger partial charge in [0.05, 0.1) is 40.0 Å². The van der Waals surface area contributed by atoms with Gasteiger partial charge in [0.2, 0.25) is 0 Å². The number of esters is 1. The highest BCUT2D eigenvalue weighted by atomic mass is 127. The summed E-state index contributed by atoms with van der Waals surface area (Å²) in [4.78, 5) is 32.4. The lowest BCUT2D eigenvalue weighted by Crippen LogP contribution is -2.40. The summed E-state index contributed by atoms with van der Waals surface area (Å²) in [6.45, 7) is 7.86. The largest absolute Gasteiger partial charge is 0.496 e. The first kappa shape index (κ1) is 28.6. The Morgan fingerprint density at radius 1 is 1.15 bits per heavy atom. The second kappa shape index (κ2) is 11.5. The minimum Gasteiger partial charge on any atom is -0.496 e. The molecule has 0 aliphatic carbocycles. The van der Waals surface area contributed by atoms with Crippen LogP contribution in [0.4, 0.5) is 0 Å². The van der Waals surface area contributed by atoms with Crippen molar-refractivity contribution in [3.63, 3.8) is 0 Å². The van der Waals surface area contributed by atoms with Crippen molar-refractivity contribution in [3.05, 3.63) is 110 Å². The lowest BCUT2D eigenvalue weighted by atomic mass is 9.96. The molecule has 1 aliphatic rings. The van der Waals surface area contributed by atoms with E-state index in [-0.39, 0.29) is 12.2 Å². The van der Waals surface area contributed by atoms with Crippen LogP contribution in [0, 0.1) is 17.4 Å². The number of hydrogen-bond acceptors (Lipinski definition) is 6. The number of carbonyl (C=O) groups is 1. The van der Waals surface area contributed by atoms with Crippen molar-refractivity contribution in [3.8, 4) is 11.4 Å². The molecule has 0 saturated heterocycles. The summed E-state index contributed by atoms with van der Waals surface area (Å²) in [5.74, 6) is 0.161. The molecule has 206 valence electrons. The van der Waals surface area contributed by atoms with Gasteiger partial charge in [-0.05, 0) is 126 Å². The van der Waals surface area contributed by atoms with E-state index in [0.717, 1.165) is 32.7 Å². The van der Waals surface area contributed by atoms with Gasteiger partial charge < -0.3 is 14.0 Å². The van der Waals surface area contributed by atoms with E-state index in [1.807, 2.05) is 24.3 Å². The van der Waals surface area contributed by atoms with Gasteiger partial charge in [0, 0.05) is 20.6 Å². The third-order valence-corrected chi connectivity index (χ3v) is 9.17. The van der Waals surface area contributed by atoms with Crippen LogP contribution in [0.1, 0.15) is 42.4 Å². The minimum absolute atomic E-state index is 0.214. The summed E-state index contributed by atoms with van der Waals surface area (Å²) in [7, 11) is 1.59. The van der Waals surface area contributed by atoms with Crippen molar-refractivity contribution in [1.82, 2.24) is 9.13 Å². The number of aryl methyl sites for hydroxylation is 1. The van der Waals surface area contributed by atoms with E-state index in [2.05, 4.69) is 92.3 Å². The van der Waals surface area contributed by atoms with Gasteiger partial charge in [-0.25, -0.2) is 9.79 Å². The van der Waals surface area contributed by atoms with Gasteiger partial charge in [-0.3, -0.25) is 9.36 Å². The summed E-state index contributed by atoms with van der Waals surface area (Å²) in [5.41, 5.74) is 5.52. The molecule has 10 heteroatoms. The Kier molecular flexibility index (Phi) is 8.21. The lowest BCUT2D eigenvalue weighted by Gasteiger charge is -2.25. The molecule has 3 heterocycles. The number of hydrogen-bond donors (Lipinski definition) is 0. The second-order valence-electron chi connectivity index (χ2n) is 9.33. The molecule has 0 N–H and O–H groups in total. The zero-order valence-electron chi connectivity index (χ0n) is 22.6. The third-order valence-electron chi connectivity index (χ3n) is 6.85. The summed E-state index contributed by atoms with van der Waals surface area (Å²) >= 11 is 7.16. The maximum atomic E-state index is 14.0. The van der Waals surface area contributed by atoms with Crippen LogP contribution in [-0.2, 0) is 9.53 Å². The van der Waals surface area contributed by atoms with E-state index in [0.29, 0.717) is 26.4 Å². The van der Waals surface area contributed by atoms with Crippen molar-refractivity contribution in [2.75, 3.05) is 13.7 Å². The fourth-order valence-electron chi connectivity index (χ4n) is 5.02. The molecular weight excluding hydrogens is 705 g/mol. The first-order chi connectivity index (χ1) is 19.1. The Hall–Kier alpha value is -2.96. The van der Waals surface area contributed by atoms with Crippen LogP contribution < -0.4 is 19.6 Å². The summed E-state index contributed by atoms with van der Waals surface area (Å²) < 4.78 is 17.0. The standard InChI is InChI=1S/C30H27BrIN3O4S/c1-6-39-29(37)26-17(3)33-30-35(27(26)19-7-12-24(38-5)23(31)14-19)28(36)25(40-30)15-20-13-16(2)34(18(20)4)22-10-8-21(32)9-11-22/h7-15,27H,6H2,1-5H3/b25-15+/t27-/m0/s1. The minimum atomic E-state index is -0.695. The van der Waals surface area contributed by atoms with Crippen LogP contribution in [-0.4, -0.2) is 28.8 Å². The molecule has 0 unspecified atom stereocenters. The SMILES string of the molecule is CCOC(=O)C1=C(C)N=c2s/c(=C/c3cc(C)n(-c4ccc(I)cc4)c3C)c(=O)n2[C@H]1c1ccc(OC)c(Br)c1. The van der Waals surface area contributed by atoms with Gasteiger partial charge in [-0.15, -0.1) is 0 Å². The van der Waals surface area contributed by atoms with Crippen molar-refractivity contribution in [2.45, 2.75) is 33.7 Å². The van der Waals surface area contributed by atoms with Crippen LogP contribution in [0.25, 0.3) is 11.8 Å². The molecule has 5 rings (SSSR count). The van der Waals surface area contributed by atoms with Crippen LogP contribution in [0.15, 0.2) is 74.1 Å². The average molecular weight is 732 g/mol. The number of halogens is 2. The fraction of sp³-hybridized carbons (Fsp3) is 0.233. The molecule has 0 spiro atoms. The lowest BCUT2D eigenvalue weighted by molar-refractivity contribution is -0.139. The number of carbonyl (C=O) groups excluding carboxylic acids is 1. The van der Waals surface area contributed by atoms with E-state index in [9.17, 15) is 9.59 Å². The molecule has 2 aromatic carbocycles. The predicted molar refractivity (Wildman–Crippen MR) is 169 cm³/mol. The number of nitrogens with zero attached hydrogens (tertiary/aromatic N) is 3. The van der Waals surface area contributed by atoms with Gasteiger partial charge in [0.15, 0.2) is 4.80 Å². The summed E-state index contributed by atoms with van der Waals surface area (Å²) in [5, 5.41) is 0. The van der Waals surface area contributed by atoms with Crippen molar-refractivity contribution in [2.24, 2.45) is 4.99 Å². The molecule has 0 amide bonds. The molecule has 0 bridgehead atoms. The highest BCUT2D eigenvalue weighted by Crippen LogP contribution is 2.35. The Bertz CT molecular complexity index is 1850. The molecular formula is C30H27BrIN3O4S. The molecule has 0 fully saturated rings. The predicted octanol–water partition coefficient (Wildman–Crippen LogP) is 5.58. The number of thiazole rings is 1. The monoisotopic (exact) mass is 731 g/mol. The van der Waals surface area contributed by atoms with Crippen molar-refractivity contribution < 1.29 is 14.3 Å². The molecule has 40 heavy (non-hydrogen) atoms. The Morgan fingerprint density at radius 2 is 1.88 bits per heavy atom. The van der Waals surface area contributed by atoms with Gasteiger partial charge in [-0.1, -0.05) is 17.4 Å². The molecule has 0 saturated carbocycles. The number of aromatic nitrogens is 2. The van der Waals surface area contributed by atoms with Crippen LogP contribution in [0.3, 0.4) is 0 Å². The Morgan fingerprint density at radius 3 is 2.52 bits per heavy atom. The van der Waals surface area contributed by atoms with E-state index < -0.39 is 12.0 Å². The zero-order chi connectivity index (χ0) is 28.7. The molecule has 4 aromatic rings. The van der Waals surface area contributed by atoms with Gasteiger partial charge >= 0.3 is 5.97 Å². The second-order valence-corrected chi connectivity index (χ2v) is 12.4. The topological polar surface area (TPSA) is 74.8 Å². The number of fused-ring (bicyclic) bond motifs is 1. The first-order valence-corrected chi connectivity index (χ1v) is 15.3. The van der Waals surface area contributed by atoms with Gasteiger partial charge in [0.1, 0.15) is 5.75 Å². The highest BCUT2D eigenvalue weighted by molar-refractivity contribution is 14.1. The van der Waals surface area contributed by atoms with Crippen molar-refractivity contribution >= 4 is 61.9 Å². The molecule has 1 aliphatic heterocycles. The zero-order valence-corrected chi connectivity index (χ0v) is 27.2. The number of methoxy groups -OCH3 is 1. The van der Waals surface area contributed by atoms with Gasteiger partial charge in [0.25, 0.3) is 5.56 Å². The van der Waals surface area contributed by atoms with E-state index >= 15 is 0 Å². The summed E-state index contributed by atoms with van der Waals surface area (Å²) in [6, 6.07) is 15.3. The number of ether oxygens (including phenoxy) is 2. The van der Waals surface area contributed by atoms with Crippen LogP contribution >= 0.6 is 49.9 Å². The van der Waals surface area contributed by atoms with E-state index in [4.69, 9.17) is 9.47 Å². The summed E-state index contributed by atoms with van der Waals surface area (Å²) in [6.07, 6.45) is 1.92. The first-order valence-electron chi connectivity index (χ1n) is 12.6. The highest BCUT2D eigenvalue weighted by Gasteiger charge is 2.33. The fourth-order valence-corrected chi connectivity index (χ4v) is 6.98. The Balaban J connectivity index is 1.70. The van der Waals surface area contributed by atoms with E-state index in [1.165, 1.54) is 14.9 Å².